The van der Waals surface area contributed by atoms with Crippen molar-refractivity contribution in [2.24, 2.45) is 4.40 Å². The summed E-state index contributed by atoms with van der Waals surface area (Å²) in [7, 11) is -2.59. The van der Waals surface area contributed by atoms with Crippen molar-refractivity contribution < 1.29 is 17.5 Å². The maximum Gasteiger partial charge on any atom is 0.284 e. The molecule has 0 radical (unpaired) electrons. The quantitative estimate of drug-likeness (QED) is 0.852. The molecule has 21 heavy (non-hydrogen) atoms. The Labute approximate surface area is 125 Å². The molecular weight excluding hydrogens is 321 g/mol. The highest BCUT2D eigenvalue weighted by Crippen LogP contribution is 2.20. The molecule has 0 saturated carbocycles. The third-order valence-corrected chi connectivity index (χ3v) is 4.02. The van der Waals surface area contributed by atoms with Crippen molar-refractivity contribution >= 4 is 21.6 Å². The van der Waals surface area contributed by atoms with Gasteiger partial charge in [0.2, 0.25) is 0 Å². The van der Waals surface area contributed by atoms with Crippen molar-refractivity contribution in [2.75, 3.05) is 7.11 Å². The molecular formula is C12H11ClFN3O3S. The Morgan fingerprint density at radius 1 is 1.43 bits per heavy atom. The van der Waals surface area contributed by atoms with Gasteiger partial charge in [0, 0.05) is 13.3 Å². The molecule has 0 bridgehead atoms. The fourth-order valence-corrected chi connectivity index (χ4v) is 2.76. The Morgan fingerprint density at radius 2 is 2.19 bits per heavy atom. The summed E-state index contributed by atoms with van der Waals surface area (Å²) in [5.74, 6) is -0.702. The molecule has 0 aliphatic heterocycles. The number of ether oxygens (including phenoxy) is 1. The fourth-order valence-electron chi connectivity index (χ4n) is 1.51. The number of nitrogens with zero attached hydrogens (tertiary/aromatic N) is 3. The van der Waals surface area contributed by atoms with Gasteiger partial charge in [-0.15, -0.1) is 4.40 Å². The summed E-state index contributed by atoms with van der Waals surface area (Å²) in [6.07, 6.45) is 1.47. The van der Waals surface area contributed by atoms with Gasteiger partial charge in [0.05, 0.1) is 9.92 Å². The van der Waals surface area contributed by atoms with Crippen LogP contribution in [0, 0.1) is 5.82 Å². The third kappa shape index (κ3) is 3.66. The van der Waals surface area contributed by atoms with Crippen LogP contribution < -0.4 is 5.49 Å². The second kappa shape index (κ2) is 6.33. The van der Waals surface area contributed by atoms with Crippen LogP contribution in [0.5, 0.6) is 0 Å². The van der Waals surface area contributed by atoms with Crippen LogP contribution in [-0.2, 0) is 21.5 Å². The number of halogens is 2. The lowest BCUT2D eigenvalue weighted by Gasteiger charge is -2.04. The highest BCUT2D eigenvalue weighted by molar-refractivity contribution is 7.90. The van der Waals surface area contributed by atoms with Crippen molar-refractivity contribution in [3.63, 3.8) is 0 Å². The van der Waals surface area contributed by atoms with Crippen LogP contribution in [0.25, 0.3) is 0 Å². The summed E-state index contributed by atoms with van der Waals surface area (Å²) in [6.45, 7) is 0.0410. The molecule has 0 amide bonds. The van der Waals surface area contributed by atoms with Gasteiger partial charge in [-0.1, -0.05) is 11.6 Å². The first-order valence-corrected chi connectivity index (χ1v) is 7.53. The monoisotopic (exact) mass is 331 g/mol. The molecule has 0 spiro atoms. The van der Waals surface area contributed by atoms with Crippen LogP contribution in [0.1, 0.15) is 0 Å². The minimum atomic E-state index is -4.04. The largest absolute Gasteiger partial charge is 0.362 e. The van der Waals surface area contributed by atoms with E-state index in [0.717, 1.165) is 18.2 Å². The zero-order valence-corrected chi connectivity index (χ0v) is 12.5. The molecule has 0 saturated heterocycles. The molecule has 2 aromatic rings. The molecule has 0 aliphatic rings. The molecule has 9 heteroatoms. The average Bonchev–Trinajstić information content (AvgIpc) is 2.44. The van der Waals surface area contributed by atoms with Crippen molar-refractivity contribution in [2.45, 2.75) is 11.6 Å². The zero-order valence-electron chi connectivity index (χ0n) is 10.9. The van der Waals surface area contributed by atoms with Crippen molar-refractivity contribution in [3.05, 3.63) is 52.9 Å². The summed E-state index contributed by atoms with van der Waals surface area (Å²) in [5, 5.41) is 3.64. The molecule has 0 aliphatic carbocycles. The lowest BCUT2D eigenvalue weighted by molar-refractivity contribution is 0.115. The van der Waals surface area contributed by atoms with E-state index in [1.807, 2.05) is 0 Å². The molecule has 1 aromatic carbocycles. The van der Waals surface area contributed by atoms with E-state index in [1.54, 1.807) is 0 Å². The Balaban J connectivity index is 2.55. The lowest BCUT2D eigenvalue weighted by Crippen LogP contribution is -2.25. The van der Waals surface area contributed by atoms with Crippen molar-refractivity contribution in [1.82, 2.24) is 9.78 Å². The van der Waals surface area contributed by atoms with Gasteiger partial charge in [-0.3, -0.25) is 0 Å². The number of aromatic nitrogens is 2. The van der Waals surface area contributed by atoms with E-state index < -0.39 is 15.8 Å². The van der Waals surface area contributed by atoms with E-state index in [0.29, 0.717) is 0 Å². The summed E-state index contributed by atoms with van der Waals surface area (Å²) in [4.78, 5) is -0.207. The number of sulfonamides is 1. The van der Waals surface area contributed by atoms with Crippen molar-refractivity contribution in [3.8, 4) is 0 Å². The van der Waals surface area contributed by atoms with Gasteiger partial charge < -0.3 is 4.74 Å². The maximum atomic E-state index is 13.1. The molecule has 2 rings (SSSR count). The molecule has 0 N–H and O–H groups in total. The fraction of sp³-hybridized carbons (Fsp3) is 0.167. The average molecular weight is 332 g/mol. The number of rotatable bonds is 4. The lowest BCUT2D eigenvalue weighted by atomic mass is 10.3. The molecule has 112 valence electrons. The van der Waals surface area contributed by atoms with E-state index in [-0.39, 0.29) is 22.1 Å². The van der Waals surface area contributed by atoms with Crippen LogP contribution in [0.4, 0.5) is 4.39 Å². The van der Waals surface area contributed by atoms with Crippen LogP contribution >= 0.6 is 11.6 Å². The first-order chi connectivity index (χ1) is 9.94. The Morgan fingerprint density at radius 3 is 2.86 bits per heavy atom. The second-order valence-corrected chi connectivity index (χ2v) is 5.95. The SMILES string of the molecule is COCn1ncccc1=NS(=O)(=O)c1ccc(F)c(Cl)c1. The molecule has 0 unspecified atom stereocenters. The van der Waals surface area contributed by atoms with Crippen LogP contribution in [0.15, 0.2) is 45.8 Å². The first-order valence-electron chi connectivity index (χ1n) is 5.71. The maximum absolute atomic E-state index is 13.1. The van der Waals surface area contributed by atoms with Crippen LogP contribution in [-0.4, -0.2) is 25.3 Å². The second-order valence-electron chi connectivity index (χ2n) is 3.94. The first kappa shape index (κ1) is 15.6. The summed E-state index contributed by atoms with van der Waals surface area (Å²) >= 11 is 5.59. The third-order valence-electron chi connectivity index (χ3n) is 2.46. The molecule has 0 atom stereocenters. The van der Waals surface area contributed by atoms with Crippen LogP contribution in [0.2, 0.25) is 5.02 Å². The molecule has 6 nitrogen and oxygen atoms in total. The number of benzene rings is 1. The van der Waals surface area contributed by atoms with Gasteiger partial charge in [-0.2, -0.15) is 13.5 Å². The smallest absolute Gasteiger partial charge is 0.284 e. The van der Waals surface area contributed by atoms with Gasteiger partial charge >= 0.3 is 0 Å². The standard InChI is InChI=1S/C12H11ClFN3O3S/c1-20-8-17-12(3-2-6-15-17)16-21(18,19)9-4-5-11(14)10(13)7-9/h2-7H,8H2,1H3. The predicted molar refractivity (Wildman–Crippen MR) is 73.4 cm³/mol. The van der Waals surface area contributed by atoms with E-state index in [1.165, 1.54) is 30.1 Å². The Hall–Kier alpha value is -1.77. The predicted octanol–water partition coefficient (Wildman–Crippen LogP) is 1.57. The van der Waals surface area contributed by atoms with Crippen LogP contribution in [0.3, 0.4) is 0 Å². The van der Waals surface area contributed by atoms with E-state index in [2.05, 4.69) is 9.50 Å². The number of hydrogen-bond acceptors (Lipinski definition) is 4. The minimum Gasteiger partial charge on any atom is -0.362 e. The molecule has 0 fully saturated rings. The van der Waals surface area contributed by atoms with E-state index in [9.17, 15) is 12.8 Å². The highest BCUT2D eigenvalue weighted by atomic mass is 35.5. The summed E-state index contributed by atoms with van der Waals surface area (Å²) in [6, 6.07) is 6.08. The van der Waals surface area contributed by atoms with Gasteiger partial charge in [-0.25, -0.2) is 9.07 Å². The number of hydrogen-bond donors (Lipinski definition) is 0. The normalized spacial score (nSPS) is 12.6. The zero-order chi connectivity index (χ0) is 15.5. The van der Waals surface area contributed by atoms with Crippen molar-refractivity contribution in [1.29, 1.82) is 0 Å². The molecule has 1 aromatic heterocycles. The van der Waals surface area contributed by atoms with Gasteiger partial charge in [-0.05, 0) is 30.3 Å². The van der Waals surface area contributed by atoms with Gasteiger partial charge in [0.15, 0.2) is 5.49 Å². The Bertz CT molecular complexity index is 820. The van der Waals surface area contributed by atoms with Gasteiger partial charge in [0.25, 0.3) is 10.0 Å². The Kier molecular flexibility index (Phi) is 4.71. The van der Waals surface area contributed by atoms with E-state index in [4.69, 9.17) is 16.3 Å². The summed E-state index contributed by atoms with van der Waals surface area (Å²) in [5.41, 5.74) is 0.0831. The minimum absolute atomic E-state index is 0.0410. The topological polar surface area (TPSA) is 73.5 Å². The van der Waals surface area contributed by atoms with E-state index >= 15 is 0 Å². The highest BCUT2D eigenvalue weighted by Gasteiger charge is 2.15. The number of methoxy groups -OCH3 is 1. The molecule has 1 heterocycles. The van der Waals surface area contributed by atoms with Gasteiger partial charge in [0.1, 0.15) is 12.5 Å². The summed E-state index contributed by atoms with van der Waals surface area (Å²) < 4.78 is 47.3.